The van der Waals surface area contributed by atoms with Crippen LogP contribution in [0.25, 0.3) is 0 Å². The van der Waals surface area contributed by atoms with Crippen molar-refractivity contribution in [2.24, 2.45) is 0 Å². The van der Waals surface area contributed by atoms with Crippen LogP contribution in [0.5, 0.6) is 11.5 Å². The van der Waals surface area contributed by atoms with Gasteiger partial charge in [0, 0.05) is 6.07 Å². The number of aryl methyl sites for hydroxylation is 1. The van der Waals surface area contributed by atoms with Crippen molar-refractivity contribution in [3.05, 3.63) is 63.7 Å². The fourth-order valence-electron chi connectivity index (χ4n) is 1.74. The number of rotatable bonds is 4. The number of ether oxygens (including phenoxy) is 1. The van der Waals surface area contributed by atoms with E-state index in [0.717, 1.165) is 0 Å². The first-order valence-electron chi connectivity index (χ1n) is 5.73. The van der Waals surface area contributed by atoms with Crippen molar-refractivity contribution < 1.29 is 14.8 Å². The second kappa shape index (κ2) is 5.49. The minimum Gasteiger partial charge on any atom is -0.450 e. The Kier molecular flexibility index (Phi) is 3.77. The molecule has 0 unspecified atom stereocenters. The van der Waals surface area contributed by atoms with Crippen LogP contribution in [0.1, 0.15) is 11.1 Å². The van der Waals surface area contributed by atoms with Crippen molar-refractivity contribution in [1.82, 2.24) is 0 Å². The van der Waals surface area contributed by atoms with Crippen molar-refractivity contribution in [1.29, 1.82) is 0 Å². The predicted octanol–water partition coefficient (Wildman–Crippen LogP) is 3.19. The molecule has 0 fully saturated rings. The van der Waals surface area contributed by atoms with E-state index in [1.54, 1.807) is 43.3 Å². The predicted molar refractivity (Wildman–Crippen MR) is 70.3 cm³/mol. The van der Waals surface area contributed by atoms with Crippen molar-refractivity contribution in [2.75, 3.05) is 0 Å². The molecule has 19 heavy (non-hydrogen) atoms. The Morgan fingerprint density at radius 1 is 1.26 bits per heavy atom. The molecule has 0 aliphatic carbocycles. The molecule has 98 valence electrons. The maximum Gasteiger partial charge on any atom is 0.311 e. The van der Waals surface area contributed by atoms with Crippen LogP contribution in [-0.2, 0) is 6.61 Å². The average molecular weight is 259 g/mol. The van der Waals surface area contributed by atoms with Crippen LogP contribution in [0.3, 0.4) is 0 Å². The maximum absolute atomic E-state index is 11.0. The number of benzene rings is 2. The lowest BCUT2D eigenvalue weighted by Crippen LogP contribution is -1.96. The van der Waals surface area contributed by atoms with E-state index >= 15 is 0 Å². The summed E-state index contributed by atoms with van der Waals surface area (Å²) in [4.78, 5) is 10.5. The van der Waals surface area contributed by atoms with E-state index in [-0.39, 0.29) is 18.0 Å². The van der Waals surface area contributed by atoms with E-state index in [2.05, 4.69) is 0 Å². The Balaban J connectivity index is 2.40. The monoisotopic (exact) mass is 259 g/mol. The van der Waals surface area contributed by atoms with Gasteiger partial charge in [-0.3, -0.25) is 10.1 Å². The molecule has 2 aromatic carbocycles. The van der Waals surface area contributed by atoms with Gasteiger partial charge in [-0.25, -0.2) is 0 Å². The third-order valence-corrected chi connectivity index (χ3v) is 2.69. The molecule has 0 aliphatic heterocycles. The molecule has 0 saturated heterocycles. The summed E-state index contributed by atoms with van der Waals surface area (Å²) in [5.41, 5.74) is 1.30. The highest BCUT2D eigenvalue weighted by molar-refractivity contribution is 5.53. The molecule has 0 saturated carbocycles. The molecule has 5 heteroatoms. The van der Waals surface area contributed by atoms with E-state index < -0.39 is 4.92 Å². The van der Waals surface area contributed by atoms with Gasteiger partial charge in [0.05, 0.1) is 11.5 Å². The smallest absolute Gasteiger partial charge is 0.311 e. The highest BCUT2D eigenvalue weighted by Gasteiger charge is 2.17. The van der Waals surface area contributed by atoms with E-state index in [4.69, 9.17) is 9.84 Å². The summed E-state index contributed by atoms with van der Waals surface area (Å²) >= 11 is 0. The average Bonchev–Trinajstić information content (AvgIpc) is 2.41. The summed E-state index contributed by atoms with van der Waals surface area (Å²) in [5.74, 6) is 0.687. The molecule has 0 aliphatic rings. The Bertz CT molecular complexity index is 610. The number of nitro groups is 1. The van der Waals surface area contributed by atoms with Crippen molar-refractivity contribution >= 4 is 5.69 Å². The molecular weight excluding hydrogens is 246 g/mol. The first kappa shape index (κ1) is 13.0. The Labute approximate surface area is 110 Å². The Morgan fingerprint density at radius 2 is 2.00 bits per heavy atom. The summed E-state index contributed by atoms with van der Waals surface area (Å²) in [6, 6.07) is 11.6. The third kappa shape index (κ3) is 2.89. The van der Waals surface area contributed by atoms with Gasteiger partial charge >= 0.3 is 5.69 Å². The molecule has 0 atom stereocenters. The molecule has 0 bridgehead atoms. The number of aliphatic hydroxyl groups is 1. The fraction of sp³-hybridized carbons (Fsp3) is 0.143. The van der Waals surface area contributed by atoms with Gasteiger partial charge in [-0.15, -0.1) is 0 Å². The topological polar surface area (TPSA) is 72.6 Å². The van der Waals surface area contributed by atoms with Crippen LogP contribution in [0.4, 0.5) is 5.69 Å². The maximum atomic E-state index is 11.0. The Morgan fingerprint density at radius 3 is 2.68 bits per heavy atom. The summed E-state index contributed by atoms with van der Waals surface area (Å²) in [6.45, 7) is 1.64. The van der Waals surface area contributed by atoms with E-state index in [1.165, 1.54) is 6.07 Å². The van der Waals surface area contributed by atoms with E-state index in [0.29, 0.717) is 16.9 Å². The van der Waals surface area contributed by atoms with E-state index in [9.17, 15) is 10.1 Å². The third-order valence-electron chi connectivity index (χ3n) is 2.69. The van der Waals surface area contributed by atoms with Gasteiger partial charge in [0.25, 0.3) is 0 Å². The molecule has 0 radical (unpaired) electrons. The van der Waals surface area contributed by atoms with Gasteiger partial charge in [-0.1, -0.05) is 24.3 Å². The molecule has 1 N–H and O–H groups in total. The number of hydrogen-bond donors (Lipinski definition) is 1. The van der Waals surface area contributed by atoms with Crippen LogP contribution < -0.4 is 4.74 Å². The normalized spacial score (nSPS) is 10.2. The Hall–Kier alpha value is -2.40. The number of hydrogen-bond acceptors (Lipinski definition) is 4. The van der Waals surface area contributed by atoms with Gasteiger partial charge < -0.3 is 9.84 Å². The van der Waals surface area contributed by atoms with Crippen LogP contribution >= 0.6 is 0 Å². The molecule has 0 heterocycles. The van der Waals surface area contributed by atoms with Gasteiger partial charge in [0.1, 0.15) is 5.75 Å². The minimum atomic E-state index is -0.474. The first-order valence-corrected chi connectivity index (χ1v) is 5.73. The summed E-state index contributed by atoms with van der Waals surface area (Å²) < 4.78 is 5.59. The lowest BCUT2D eigenvalue weighted by molar-refractivity contribution is -0.385. The van der Waals surface area contributed by atoms with Gasteiger partial charge in [-0.05, 0) is 30.2 Å². The number of para-hydroxylation sites is 1. The van der Waals surface area contributed by atoms with Crippen LogP contribution in [0.15, 0.2) is 42.5 Å². The summed E-state index contributed by atoms with van der Waals surface area (Å²) in [7, 11) is 0. The molecular formula is C14H13NO4. The van der Waals surface area contributed by atoms with Crippen LogP contribution in [0.2, 0.25) is 0 Å². The lowest BCUT2D eigenvalue weighted by Gasteiger charge is -2.09. The number of nitro benzene ring substituents is 1. The van der Waals surface area contributed by atoms with Crippen molar-refractivity contribution in [3.63, 3.8) is 0 Å². The highest BCUT2D eigenvalue weighted by atomic mass is 16.6. The molecule has 0 spiro atoms. The second-order valence-corrected chi connectivity index (χ2v) is 4.09. The van der Waals surface area contributed by atoms with Crippen molar-refractivity contribution in [3.8, 4) is 11.5 Å². The zero-order valence-corrected chi connectivity index (χ0v) is 10.4. The van der Waals surface area contributed by atoms with E-state index in [1.807, 2.05) is 0 Å². The number of nitrogens with zero attached hydrogens (tertiary/aromatic N) is 1. The zero-order chi connectivity index (χ0) is 13.8. The summed E-state index contributed by atoms with van der Waals surface area (Å²) in [6.07, 6.45) is 0. The van der Waals surface area contributed by atoms with Crippen molar-refractivity contribution in [2.45, 2.75) is 13.5 Å². The highest BCUT2D eigenvalue weighted by Crippen LogP contribution is 2.34. The molecule has 0 amide bonds. The SMILES string of the molecule is Cc1cccc([N+](=O)[O-])c1Oc1cccc(CO)c1. The molecule has 0 aromatic heterocycles. The van der Waals surface area contributed by atoms with Crippen LogP contribution in [-0.4, -0.2) is 10.0 Å². The van der Waals surface area contributed by atoms with Gasteiger partial charge in [0.2, 0.25) is 5.75 Å². The molecule has 2 aromatic rings. The number of aliphatic hydroxyl groups excluding tert-OH is 1. The summed E-state index contributed by atoms with van der Waals surface area (Å²) in [5, 5.41) is 20.0. The lowest BCUT2D eigenvalue weighted by atomic mass is 10.2. The first-order chi connectivity index (χ1) is 9.11. The zero-order valence-electron chi connectivity index (χ0n) is 10.4. The second-order valence-electron chi connectivity index (χ2n) is 4.09. The standard InChI is InChI=1S/C14H13NO4/c1-10-4-2-7-13(15(17)18)14(10)19-12-6-3-5-11(8-12)9-16/h2-8,16H,9H2,1H3. The van der Waals surface area contributed by atoms with Gasteiger partial charge in [-0.2, -0.15) is 0 Å². The fourth-order valence-corrected chi connectivity index (χ4v) is 1.74. The quantitative estimate of drug-likeness (QED) is 0.676. The van der Waals surface area contributed by atoms with Crippen LogP contribution in [0, 0.1) is 17.0 Å². The van der Waals surface area contributed by atoms with Gasteiger partial charge in [0.15, 0.2) is 0 Å². The molecule has 2 rings (SSSR count). The molecule has 5 nitrogen and oxygen atoms in total. The largest absolute Gasteiger partial charge is 0.450 e. The minimum absolute atomic E-state index is 0.0746.